The molecule has 3 aromatic rings. The van der Waals surface area contributed by atoms with Crippen LogP contribution < -0.4 is 9.46 Å². The smallest absolute Gasteiger partial charge is 0.416 e. The number of alkyl halides is 3. The molecule has 0 spiro atoms. The predicted molar refractivity (Wildman–Crippen MR) is 113 cm³/mol. The molecule has 6 nitrogen and oxygen atoms in total. The van der Waals surface area contributed by atoms with Crippen molar-refractivity contribution in [1.29, 1.82) is 0 Å². The third kappa shape index (κ3) is 4.97. The molecule has 0 fully saturated rings. The number of aromatic carboxylic acids is 1. The number of carboxylic acids is 1. The van der Waals surface area contributed by atoms with Gasteiger partial charge in [-0.25, -0.2) is 13.2 Å². The van der Waals surface area contributed by atoms with Crippen molar-refractivity contribution in [2.45, 2.75) is 11.1 Å². The minimum atomic E-state index is -4.72. The topological polar surface area (TPSA) is 92.7 Å². The lowest BCUT2D eigenvalue weighted by atomic mass is 10.0. The average Bonchev–Trinajstić information content (AvgIpc) is 2.73. The van der Waals surface area contributed by atoms with E-state index in [1.165, 1.54) is 31.4 Å². The van der Waals surface area contributed by atoms with Crippen LogP contribution in [0.25, 0.3) is 11.1 Å². The molecule has 168 valence electrons. The lowest BCUT2D eigenvalue weighted by molar-refractivity contribution is -0.137. The average molecular weight is 486 g/mol. The standard InChI is InChI=1S/C21H15ClF3NO5S/c1-31-18-9-4-13(20(27)28)10-19(18)32(29,30)26-17-11-14(21(23,24)25)5-8-16(17)12-2-6-15(22)7-3-12/h2-11,26H,1H3,(H,27,28). The molecule has 0 saturated heterocycles. The van der Waals surface area contributed by atoms with Crippen molar-refractivity contribution in [3.63, 3.8) is 0 Å². The zero-order chi connectivity index (χ0) is 23.7. The quantitative estimate of drug-likeness (QED) is 0.478. The van der Waals surface area contributed by atoms with Gasteiger partial charge >= 0.3 is 12.1 Å². The van der Waals surface area contributed by atoms with Crippen LogP contribution in [0.4, 0.5) is 18.9 Å². The number of ether oxygens (including phenoxy) is 1. The van der Waals surface area contributed by atoms with Gasteiger partial charge in [0.1, 0.15) is 10.6 Å². The van der Waals surface area contributed by atoms with Crippen molar-refractivity contribution in [2.24, 2.45) is 0 Å². The Kier molecular flexibility index (Phi) is 6.38. The van der Waals surface area contributed by atoms with Crippen LogP contribution >= 0.6 is 11.6 Å². The lowest BCUT2D eigenvalue weighted by Crippen LogP contribution is -2.16. The molecule has 0 aliphatic rings. The fourth-order valence-corrected chi connectivity index (χ4v) is 4.30. The molecule has 0 aliphatic carbocycles. The molecule has 0 bridgehead atoms. The van der Waals surface area contributed by atoms with E-state index in [9.17, 15) is 31.5 Å². The Morgan fingerprint density at radius 3 is 2.25 bits per heavy atom. The number of anilines is 1. The van der Waals surface area contributed by atoms with Gasteiger partial charge in [-0.1, -0.05) is 29.8 Å². The first-order chi connectivity index (χ1) is 14.9. The molecule has 0 aliphatic heterocycles. The highest BCUT2D eigenvalue weighted by Crippen LogP contribution is 2.38. The van der Waals surface area contributed by atoms with Gasteiger partial charge in [-0.05, 0) is 48.0 Å². The van der Waals surface area contributed by atoms with E-state index in [-0.39, 0.29) is 22.6 Å². The van der Waals surface area contributed by atoms with Crippen molar-refractivity contribution in [2.75, 3.05) is 11.8 Å². The minimum absolute atomic E-state index is 0.159. The summed E-state index contributed by atoms with van der Waals surface area (Å²) in [4.78, 5) is 10.7. The second-order valence-corrected chi connectivity index (χ2v) is 8.63. The van der Waals surface area contributed by atoms with Gasteiger partial charge in [-0.2, -0.15) is 13.2 Å². The van der Waals surface area contributed by atoms with Gasteiger partial charge in [0, 0.05) is 10.6 Å². The van der Waals surface area contributed by atoms with E-state index >= 15 is 0 Å². The van der Waals surface area contributed by atoms with E-state index in [0.717, 1.165) is 30.3 Å². The monoisotopic (exact) mass is 485 g/mol. The van der Waals surface area contributed by atoms with Crippen LogP contribution in [-0.2, 0) is 16.2 Å². The number of nitrogens with one attached hydrogen (secondary N) is 1. The highest BCUT2D eigenvalue weighted by atomic mass is 35.5. The number of carboxylic acid groups (broad SMARTS) is 1. The van der Waals surface area contributed by atoms with Gasteiger partial charge in [-0.3, -0.25) is 4.72 Å². The number of sulfonamides is 1. The van der Waals surface area contributed by atoms with E-state index in [4.69, 9.17) is 16.3 Å². The molecular formula is C21H15ClF3NO5S. The molecule has 0 radical (unpaired) electrons. The largest absolute Gasteiger partial charge is 0.495 e. The Balaban J connectivity index is 2.17. The molecule has 0 heterocycles. The van der Waals surface area contributed by atoms with Crippen LogP contribution in [-0.4, -0.2) is 26.6 Å². The Hall–Kier alpha value is -3.24. The number of methoxy groups -OCH3 is 1. The molecule has 0 saturated carbocycles. The molecule has 3 aromatic carbocycles. The Morgan fingerprint density at radius 1 is 1.03 bits per heavy atom. The summed E-state index contributed by atoms with van der Waals surface area (Å²) in [6.45, 7) is 0. The van der Waals surface area contributed by atoms with Gasteiger partial charge < -0.3 is 9.84 Å². The minimum Gasteiger partial charge on any atom is -0.495 e. The maximum absolute atomic E-state index is 13.3. The number of rotatable bonds is 6. The Bertz CT molecular complexity index is 1280. The second kappa shape index (κ2) is 8.71. The van der Waals surface area contributed by atoms with E-state index in [1.54, 1.807) is 0 Å². The number of hydrogen-bond donors (Lipinski definition) is 2. The predicted octanol–water partition coefficient (Wildman–Crippen LogP) is 5.53. The lowest BCUT2D eigenvalue weighted by Gasteiger charge is -2.17. The Labute approximate surface area is 186 Å². The SMILES string of the molecule is COc1ccc(C(=O)O)cc1S(=O)(=O)Nc1cc(C(F)(F)F)ccc1-c1ccc(Cl)cc1. The van der Waals surface area contributed by atoms with Crippen LogP contribution in [0.1, 0.15) is 15.9 Å². The van der Waals surface area contributed by atoms with Gasteiger partial charge in [0.15, 0.2) is 0 Å². The Morgan fingerprint density at radius 2 is 1.69 bits per heavy atom. The summed E-state index contributed by atoms with van der Waals surface area (Å²) in [7, 11) is -3.37. The normalized spacial score (nSPS) is 11.8. The first-order valence-corrected chi connectivity index (χ1v) is 10.7. The third-order valence-corrected chi connectivity index (χ3v) is 6.09. The molecule has 0 atom stereocenters. The summed E-state index contributed by atoms with van der Waals surface area (Å²) in [6, 6.07) is 11.8. The van der Waals surface area contributed by atoms with E-state index in [1.807, 2.05) is 0 Å². The first-order valence-electron chi connectivity index (χ1n) is 8.84. The van der Waals surface area contributed by atoms with Crippen molar-refractivity contribution < 1.29 is 36.2 Å². The molecule has 0 amide bonds. The zero-order valence-electron chi connectivity index (χ0n) is 16.3. The third-order valence-electron chi connectivity index (χ3n) is 4.45. The number of hydrogen-bond acceptors (Lipinski definition) is 4. The fraction of sp³-hybridized carbons (Fsp3) is 0.0952. The maximum atomic E-state index is 13.3. The summed E-state index contributed by atoms with van der Waals surface area (Å²) < 4.78 is 73.2. The van der Waals surface area contributed by atoms with E-state index in [2.05, 4.69) is 4.72 Å². The number of carbonyl (C=O) groups is 1. The zero-order valence-corrected chi connectivity index (χ0v) is 17.8. The number of benzene rings is 3. The molecule has 0 unspecified atom stereocenters. The van der Waals surface area contributed by atoms with E-state index < -0.39 is 32.6 Å². The fourth-order valence-electron chi connectivity index (χ4n) is 2.91. The van der Waals surface area contributed by atoms with Crippen LogP contribution in [0.3, 0.4) is 0 Å². The van der Waals surface area contributed by atoms with Gasteiger partial charge in [0.25, 0.3) is 10.0 Å². The summed E-state index contributed by atoms with van der Waals surface area (Å²) in [5.74, 6) is -1.56. The molecule has 0 aromatic heterocycles. The number of halogens is 4. The molecule has 32 heavy (non-hydrogen) atoms. The van der Waals surface area contributed by atoms with Gasteiger partial charge in [-0.15, -0.1) is 0 Å². The van der Waals surface area contributed by atoms with Crippen molar-refractivity contribution in [3.05, 3.63) is 76.8 Å². The van der Waals surface area contributed by atoms with Crippen LogP contribution in [0, 0.1) is 0 Å². The van der Waals surface area contributed by atoms with Crippen LogP contribution in [0.15, 0.2) is 65.6 Å². The molecule has 2 N–H and O–H groups in total. The highest BCUT2D eigenvalue weighted by Gasteiger charge is 2.32. The van der Waals surface area contributed by atoms with Crippen molar-refractivity contribution >= 4 is 33.3 Å². The van der Waals surface area contributed by atoms with Crippen LogP contribution in [0.5, 0.6) is 5.75 Å². The van der Waals surface area contributed by atoms with E-state index in [0.29, 0.717) is 16.7 Å². The maximum Gasteiger partial charge on any atom is 0.416 e. The van der Waals surface area contributed by atoms with Gasteiger partial charge in [0.2, 0.25) is 0 Å². The van der Waals surface area contributed by atoms with Crippen LogP contribution in [0.2, 0.25) is 5.02 Å². The van der Waals surface area contributed by atoms with Crippen molar-refractivity contribution in [3.8, 4) is 16.9 Å². The second-order valence-electron chi connectivity index (χ2n) is 6.54. The summed E-state index contributed by atoms with van der Waals surface area (Å²) in [6.07, 6.45) is -4.72. The highest BCUT2D eigenvalue weighted by molar-refractivity contribution is 7.92. The van der Waals surface area contributed by atoms with Crippen molar-refractivity contribution in [1.82, 2.24) is 0 Å². The van der Waals surface area contributed by atoms with Gasteiger partial charge in [0.05, 0.1) is 23.9 Å². The summed E-state index contributed by atoms with van der Waals surface area (Å²) >= 11 is 5.86. The summed E-state index contributed by atoms with van der Waals surface area (Å²) in [5, 5.41) is 9.56. The summed E-state index contributed by atoms with van der Waals surface area (Å²) in [5.41, 5.74) is -1.20. The molecule has 11 heteroatoms. The first kappa shape index (κ1) is 23.4. The molecule has 3 rings (SSSR count). The molecular weight excluding hydrogens is 471 g/mol.